The van der Waals surface area contributed by atoms with Crippen molar-refractivity contribution in [1.29, 1.82) is 5.41 Å². The van der Waals surface area contributed by atoms with Gasteiger partial charge in [0, 0.05) is 18.0 Å². The molecule has 2 heterocycles. The molecule has 0 saturated heterocycles. The van der Waals surface area contributed by atoms with Gasteiger partial charge in [-0.05, 0) is 18.6 Å². The van der Waals surface area contributed by atoms with Crippen LogP contribution in [-0.2, 0) is 5.75 Å². The molecule has 0 aliphatic carbocycles. The summed E-state index contributed by atoms with van der Waals surface area (Å²) in [4.78, 5) is 16.2. The average molecular weight is 248 g/mol. The van der Waals surface area contributed by atoms with E-state index in [4.69, 9.17) is 11.1 Å². The number of aryl methyl sites for hydroxylation is 1. The average Bonchev–Trinajstić information content (AvgIpc) is 2.28. The van der Waals surface area contributed by atoms with E-state index in [0.717, 1.165) is 17.3 Å². The van der Waals surface area contributed by atoms with Crippen LogP contribution >= 0.6 is 11.8 Å². The van der Waals surface area contributed by atoms with Gasteiger partial charge in [-0.15, -0.1) is 0 Å². The van der Waals surface area contributed by atoms with E-state index in [1.807, 2.05) is 19.1 Å². The first-order valence-electron chi connectivity index (χ1n) is 5.02. The highest BCUT2D eigenvalue weighted by molar-refractivity contribution is 8.13. The van der Waals surface area contributed by atoms with Crippen molar-refractivity contribution in [1.82, 2.24) is 9.38 Å². The van der Waals surface area contributed by atoms with E-state index in [-0.39, 0.29) is 10.7 Å². The number of nitrogens with two attached hydrogens (primary N) is 1. The smallest absolute Gasteiger partial charge is 0.258 e. The van der Waals surface area contributed by atoms with Crippen LogP contribution in [0.1, 0.15) is 11.3 Å². The lowest BCUT2D eigenvalue weighted by atomic mass is 10.3. The van der Waals surface area contributed by atoms with Crippen molar-refractivity contribution in [2.75, 3.05) is 0 Å². The zero-order valence-corrected chi connectivity index (χ0v) is 10.1. The van der Waals surface area contributed by atoms with Crippen LogP contribution in [-0.4, -0.2) is 14.6 Å². The number of pyridine rings is 1. The summed E-state index contributed by atoms with van der Waals surface area (Å²) in [6.07, 6.45) is 1.69. The Morgan fingerprint density at radius 2 is 2.41 bits per heavy atom. The van der Waals surface area contributed by atoms with E-state index in [1.54, 1.807) is 6.20 Å². The van der Waals surface area contributed by atoms with Crippen molar-refractivity contribution in [2.24, 2.45) is 5.73 Å². The van der Waals surface area contributed by atoms with Crippen LogP contribution in [0.4, 0.5) is 0 Å². The van der Waals surface area contributed by atoms with E-state index in [2.05, 4.69) is 4.98 Å². The zero-order valence-electron chi connectivity index (χ0n) is 9.30. The SMILES string of the molecule is Cc1cccn2c(=O)cc(CSC(=N)N)nc12. The Balaban J connectivity index is 2.50. The zero-order chi connectivity index (χ0) is 12.4. The van der Waals surface area contributed by atoms with E-state index < -0.39 is 0 Å². The maximum Gasteiger partial charge on any atom is 0.258 e. The highest BCUT2D eigenvalue weighted by Crippen LogP contribution is 2.10. The summed E-state index contributed by atoms with van der Waals surface area (Å²) in [7, 11) is 0. The van der Waals surface area contributed by atoms with E-state index in [1.165, 1.54) is 10.5 Å². The predicted octanol–water partition coefficient (Wildman–Crippen LogP) is 1.13. The molecule has 88 valence electrons. The van der Waals surface area contributed by atoms with Gasteiger partial charge in [0.1, 0.15) is 5.65 Å². The van der Waals surface area contributed by atoms with Gasteiger partial charge in [0.05, 0.1) is 5.69 Å². The monoisotopic (exact) mass is 248 g/mol. The van der Waals surface area contributed by atoms with E-state index in [0.29, 0.717) is 17.1 Å². The first kappa shape index (κ1) is 11.7. The third kappa shape index (κ3) is 2.47. The fraction of sp³-hybridized carbons (Fsp3) is 0.182. The number of rotatable bonds is 2. The van der Waals surface area contributed by atoms with Gasteiger partial charge in [-0.3, -0.25) is 14.6 Å². The Kier molecular flexibility index (Phi) is 3.14. The number of fused-ring (bicyclic) bond motifs is 1. The third-order valence-electron chi connectivity index (χ3n) is 2.31. The molecule has 0 aliphatic heterocycles. The first-order chi connectivity index (χ1) is 8.08. The van der Waals surface area contributed by atoms with Gasteiger partial charge in [-0.2, -0.15) is 0 Å². The van der Waals surface area contributed by atoms with Crippen LogP contribution in [0.15, 0.2) is 29.2 Å². The normalized spacial score (nSPS) is 10.6. The molecule has 0 fully saturated rings. The second kappa shape index (κ2) is 4.58. The molecule has 17 heavy (non-hydrogen) atoms. The lowest BCUT2D eigenvalue weighted by Gasteiger charge is -2.05. The summed E-state index contributed by atoms with van der Waals surface area (Å²) in [5.74, 6) is 0.440. The Labute approximate surface area is 102 Å². The molecule has 0 atom stereocenters. The van der Waals surface area contributed by atoms with E-state index >= 15 is 0 Å². The van der Waals surface area contributed by atoms with Gasteiger partial charge in [-0.25, -0.2) is 4.98 Å². The molecule has 2 rings (SSSR count). The second-order valence-corrected chi connectivity index (χ2v) is 4.64. The van der Waals surface area contributed by atoms with Crippen LogP contribution in [0, 0.1) is 12.3 Å². The molecule has 6 heteroatoms. The van der Waals surface area contributed by atoms with Gasteiger partial charge in [0.2, 0.25) is 0 Å². The molecule has 0 bridgehead atoms. The Morgan fingerprint density at radius 3 is 3.12 bits per heavy atom. The number of hydrogen-bond acceptors (Lipinski definition) is 4. The number of aromatic nitrogens is 2. The fourth-order valence-electron chi connectivity index (χ4n) is 1.53. The summed E-state index contributed by atoms with van der Waals surface area (Å²) in [6, 6.07) is 5.20. The maximum absolute atomic E-state index is 11.8. The fourth-order valence-corrected chi connectivity index (χ4v) is 1.99. The molecule has 0 saturated carbocycles. The Morgan fingerprint density at radius 1 is 1.65 bits per heavy atom. The Bertz CT molecular complexity index is 635. The minimum Gasteiger partial charge on any atom is -0.379 e. The van der Waals surface area contributed by atoms with Crippen molar-refractivity contribution in [3.8, 4) is 0 Å². The summed E-state index contributed by atoms with van der Waals surface area (Å²) < 4.78 is 1.51. The molecule has 0 amide bonds. The van der Waals surface area contributed by atoms with Crippen molar-refractivity contribution < 1.29 is 0 Å². The maximum atomic E-state index is 11.8. The van der Waals surface area contributed by atoms with Crippen molar-refractivity contribution in [3.05, 3.63) is 46.0 Å². The van der Waals surface area contributed by atoms with Crippen LogP contribution in [0.3, 0.4) is 0 Å². The molecular weight excluding hydrogens is 236 g/mol. The molecule has 0 aliphatic rings. The van der Waals surface area contributed by atoms with Crippen molar-refractivity contribution in [3.63, 3.8) is 0 Å². The molecule has 2 aromatic rings. The largest absolute Gasteiger partial charge is 0.379 e. The number of nitrogens with one attached hydrogen (secondary N) is 1. The number of amidine groups is 1. The van der Waals surface area contributed by atoms with Crippen LogP contribution < -0.4 is 11.3 Å². The summed E-state index contributed by atoms with van der Waals surface area (Å²) in [5, 5.41) is 7.16. The predicted molar refractivity (Wildman–Crippen MR) is 69.4 cm³/mol. The highest BCUT2D eigenvalue weighted by atomic mass is 32.2. The van der Waals surface area contributed by atoms with Gasteiger partial charge in [0.25, 0.3) is 5.56 Å². The minimum atomic E-state index is -0.113. The van der Waals surface area contributed by atoms with Crippen LogP contribution in [0.5, 0.6) is 0 Å². The second-order valence-electron chi connectivity index (χ2n) is 3.62. The molecule has 0 aromatic carbocycles. The van der Waals surface area contributed by atoms with Gasteiger partial charge >= 0.3 is 0 Å². The standard InChI is InChI=1S/C11H12N4OS/c1-7-3-2-4-15-9(16)5-8(14-10(7)15)6-17-11(12)13/h2-5H,6H2,1H3,(H3,12,13). The third-order valence-corrected chi connectivity index (χ3v) is 3.07. The first-order valence-corrected chi connectivity index (χ1v) is 6.01. The molecule has 0 unspecified atom stereocenters. The summed E-state index contributed by atoms with van der Waals surface area (Å²) in [6.45, 7) is 1.91. The summed E-state index contributed by atoms with van der Waals surface area (Å²) in [5.41, 5.74) is 7.38. The van der Waals surface area contributed by atoms with Gasteiger partial charge in [-0.1, -0.05) is 17.8 Å². The van der Waals surface area contributed by atoms with Crippen molar-refractivity contribution >= 4 is 22.6 Å². The van der Waals surface area contributed by atoms with Crippen LogP contribution in [0.25, 0.3) is 5.65 Å². The topological polar surface area (TPSA) is 84.2 Å². The lowest BCUT2D eigenvalue weighted by Crippen LogP contribution is -2.16. The minimum absolute atomic E-state index is 0.0248. The van der Waals surface area contributed by atoms with Gasteiger partial charge in [0.15, 0.2) is 5.17 Å². The molecule has 0 radical (unpaired) electrons. The number of hydrogen-bond donors (Lipinski definition) is 2. The molecule has 5 nitrogen and oxygen atoms in total. The molecule has 2 aromatic heterocycles. The number of nitrogens with zero attached hydrogens (tertiary/aromatic N) is 2. The Hall–Kier alpha value is -1.82. The number of thioether (sulfide) groups is 1. The molecule has 0 spiro atoms. The van der Waals surface area contributed by atoms with E-state index in [9.17, 15) is 4.79 Å². The molecular formula is C11H12N4OS. The van der Waals surface area contributed by atoms with Crippen molar-refractivity contribution in [2.45, 2.75) is 12.7 Å². The highest BCUT2D eigenvalue weighted by Gasteiger charge is 2.04. The molecule has 3 N–H and O–H groups in total. The van der Waals surface area contributed by atoms with Crippen LogP contribution in [0.2, 0.25) is 0 Å². The van der Waals surface area contributed by atoms with Gasteiger partial charge < -0.3 is 5.73 Å². The summed E-state index contributed by atoms with van der Waals surface area (Å²) >= 11 is 1.16. The lowest BCUT2D eigenvalue weighted by molar-refractivity contribution is 1.00. The quantitative estimate of drug-likeness (QED) is 0.616.